The highest BCUT2D eigenvalue weighted by Crippen LogP contribution is 2.30. The van der Waals surface area contributed by atoms with Crippen LogP contribution in [-0.4, -0.2) is 41.6 Å². The van der Waals surface area contributed by atoms with Crippen LogP contribution in [0.1, 0.15) is 54.4 Å². The summed E-state index contributed by atoms with van der Waals surface area (Å²) in [6.45, 7) is 10.8. The second kappa shape index (κ2) is 9.41. The van der Waals surface area contributed by atoms with Gasteiger partial charge in [-0.25, -0.2) is 4.79 Å². The summed E-state index contributed by atoms with van der Waals surface area (Å²) in [5, 5.41) is 3.77. The van der Waals surface area contributed by atoms with Crippen LogP contribution < -0.4 is 10.1 Å². The number of carbonyl (C=O) groups excluding carboxylic acids is 2. The maximum atomic E-state index is 13.2. The second-order valence-electron chi connectivity index (χ2n) is 9.79. The maximum Gasteiger partial charge on any atom is 0.410 e. The van der Waals surface area contributed by atoms with Gasteiger partial charge < -0.3 is 24.1 Å². The highest BCUT2D eigenvalue weighted by Gasteiger charge is 2.31. The lowest BCUT2D eigenvalue weighted by Gasteiger charge is -2.24. The Morgan fingerprint density at radius 1 is 1.15 bits per heavy atom. The molecule has 4 rings (SSSR count). The molecule has 0 bridgehead atoms. The molecule has 1 aliphatic rings. The number of likely N-dealkylation sites (tertiary alicyclic amines) is 1. The first-order chi connectivity index (χ1) is 16.1. The molecule has 1 aromatic heterocycles. The van der Waals surface area contributed by atoms with Crippen LogP contribution in [0.5, 0.6) is 5.75 Å². The van der Waals surface area contributed by atoms with Crippen molar-refractivity contribution in [3.05, 3.63) is 64.9 Å². The van der Waals surface area contributed by atoms with Gasteiger partial charge >= 0.3 is 6.09 Å². The Morgan fingerprint density at radius 3 is 2.65 bits per heavy atom. The first kappa shape index (κ1) is 23.7. The molecule has 0 aliphatic carbocycles. The predicted octanol–water partition coefficient (Wildman–Crippen LogP) is 5.37. The van der Waals surface area contributed by atoms with E-state index >= 15 is 0 Å². The van der Waals surface area contributed by atoms with E-state index in [-0.39, 0.29) is 18.0 Å². The van der Waals surface area contributed by atoms with E-state index in [0.29, 0.717) is 54.2 Å². The molecule has 0 radical (unpaired) electrons. The lowest BCUT2D eigenvalue weighted by Crippen LogP contribution is -2.40. The van der Waals surface area contributed by atoms with Crippen LogP contribution in [0, 0.1) is 13.8 Å². The van der Waals surface area contributed by atoms with E-state index in [2.05, 4.69) is 18.3 Å². The number of nitrogens with zero attached hydrogens (tertiary/aromatic N) is 1. The van der Waals surface area contributed by atoms with Gasteiger partial charge in [-0.3, -0.25) is 4.79 Å². The number of carbonyl (C=O) groups is 2. The van der Waals surface area contributed by atoms with Crippen LogP contribution in [0.15, 0.2) is 46.9 Å². The first-order valence-corrected chi connectivity index (χ1v) is 11.6. The number of benzene rings is 2. The molecule has 2 heterocycles. The third-order valence-corrected chi connectivity index (χ3v) is 5.89. The number of nitrogens with one attached hydrogen (secondary N) is 1. The molecule has 2 amide bonds. The third kappa shape index (κ3) is 5.35. The molecule has 1 fully saturated rings. The summed E-state index contributed by atoms with van der Waals surface area (Å²) in [5.74, 6) is 0.997. The quantitative estimate of drug-likeness (QED) is 0.549. The average molecular weight is 465 g/mol. The zero-order chi connectivity index (χ0) is 24.5. The minimum Gasteiger partial charge on any atom is -0.489 e. The Bertz CT molecular complexity index is 1210. The Kier molecular flexibility index (Phi) is 6.55. The molecule has 7 nitrogen and oxygen atoms in total. The van der Waals surface area contributed by atoms with Gasteiger partial charge in [-0.2, -0.15) is 0 Å². The number of ether oxygens (including phenoxy) is 2. The molecule has 180 valence electrons. The van der Waals surface area contributed by atoms with Crippen LogP contribution in [0.25, 0.3) is 11.0 Å². The Balaban J connectivity index is 1.45. The molecule has 0 unspecified atom stereocenters. The topological polar surface area (TPSA) is 81.0 Å². The van der Waals surface area contributed by atoms with Crippen molar-refractivity contribution >= 4 is 23.0 Å². The fraction of sp³-hybridized carbons (Fsp3) is 0.407. The zero-order valence-electron chi connectivity index (χ0n) is 20.4. The van der Waals surface area contributed by atoms with Crippen LogP contribution >= 0.6 is 0 Å². The Morgan fingerprint density at radius 2 is 1.91 bits per heavy atom. The zero-order valence-corrected chi connectivity index (χ0v) is 20.4. The van der Waals surface area contributed by atoms with Gasteiger partial charge in [-0.15, -0.1) is 0 Å². The van der Waals surface area contributed by atoms with E-state index in [0.717, 1.165) is 5.56 Å². The standard InChI is InChI=1S/C27H32N2O5/c1-17-8-6-7-9-19(17)16-32-21-10-11-23-22(14-21)24(18(2)33-23)25(30)28-20-12-13-29(15-20)26(31)34-27(3,4)5/h6-11,14,20H,12-13,15-16H2,1-5H3,(H,28,30)/t20-/m0/s1. The Labute approximate surface area is 200 Å². The molecule has 1 atom stereocenters. The van der Waals surface area contributed by atoms with Gasteiger partial charge in [0.25, 0.3) is 5.91 Å². The molecule has 3 aromatic rings. The summed E-state index contributed by atoms with van der Waals surface area (Å²) >= 11 is 0. The molecular formula is C27H32N2O5. The van der Waals surface area contributed by atoms with E-state index in [1.165, 1.54) is 5.56 Å². The largest absolute Gasteiger partial charge is 0.489 e. The van der Waals surface area contributed by atoms with E-state index in [4.69, 9.17) is 13.9 Å². The van der Waals surface area contributed by atoms with Crippen molar-refractivity contribution < 1.29 is 23.5 Å². The van der Waals surface area contributed by atoms with E-state index < -0.39 is 5.60 Å². The number of hydrogen-bond donors (Lipinski definition) is 1. The van der Waals surface area contributed by atoms with E-state index in [1.54, 1.807) is 11.8 Å². The highest BCUT2D eigenvalue weighted by molar-refractivity contribution is 6.07. The van der Waals surface area contributed by atoms with Gasteiger partial charge in [0, 0.05) is 24.5 Å². The molecule has 1 saturated heterocycles. The van der Waals surface area contributed by atoms with Gasteiger partial charge in [-0.1, -0.05) is 24.3 Å². The molecule has 2 aromatic carbocycles. The van der Waals surface area contributed by atoms with Crippen molar-refractivity contribution in [3.63, 3.8) is 0 Å². The van der Waals surface area contributed by atoms with Crippen LogP contribution in [0.4, 0.5) is 4.79 Å². The molecule has 0 saturated carbocycles. The maximum absolute atomic E-state index is 13.2. The second-order valence-corrected chi connectivity index (χ2v) is 9.79. The van der Waals surface area contributed by atoms with Crippen molar-refractivity contribution in [2.45, 2.75) is 59.3 Å². The molecule has 34 heavy (non-hydrogen) atoms. The normalized spacial score (nSPS) is 16.0. The lowest BCUT2D eigenvalue weighted by molar-refractivity contribution is 0.0290. The molecule has 7 heteroatoms. The van der Waals surface area contributed by atoms with E-state index in [1.807, 2.05) is 57.2 Å². The first-order valence-electron chi connectivity index (χ1n) is 11.6. The van der Waals surface area contributed by atoms with Crippen molar-refractivity contribution in [2.24, 2.45) is 0 Å². The molecule has 1 aliphatic heterocycles. The minimum absolute atomic E-state index is 0.148. The van der Waals surface area contributed by atoms with Crippen LogP contribution in [0.3, 0.4) is 0 Å². The number of amides is 2. The molecule has 1 N–H and O–H groups in total. The van der Waals surface area contributed by atoms with Crippen molar-refractivity contribution in [3.8, 4) is 5.75 Å². The monoisotopic (exact) mass is 464 g/mol. The number of fused-ring (bicyclic) bond motifs is 1. The summed E-state index contributed by atoms with van der Waals surface area (Å²) in [6.07, 6.45) is 0.314. The smallest absolute Gasteiger partial charge is 0.410 e. The highest BCUT2D eigenvalue weighted by atomic mass is 16.6. The summed E-state index contributed by atoms with van der Waals surface area (Å²) in [7, 11) is 0. The van der Waals surface area contributed by atoms with Crippen LogP contribution in [-0.2, 0) is 11.3 Å². The predicted molar refractivity (Wildman–Crippen MR) is 130 cm³/mol. The van der Waals surface area contributed by atoms with Gasteiger partial charge in [0.05, 0.1) is 5.56 Å². The lowest BCUT2D eigenvalue weighted by atomic mass is 10.1. The Hall–Kier alpha value is -3.48. The van der Waals surface area contributed by atoms with Gasteiger partial charge in [0.2, 0.25) is 0 Å². The van der Waals surface area contributed by atoms with E-state index in [9.17, 15) is 9.59 Å². The van der Waals surface area contributed by atoms with Crippen LogP contribution in [0.2, 0.25) is 0 Å². The fourth-order valence-electron chi connectivity index (χ4n) is 4.13. The number of aryl methyl sites for hydroxylation is 2. The summed E-state index contributed by atoms with van der Waals surface area (Å²) in [6, 6.07) is 13.5. The van der Waals surface area contributed by atoms with Crippen molar-refractivity contribution in [1.82, 2.24) is 10.2 Å². The number of hydrogen-bond acceptors (Lipinski definition) is 5. The van der Waals surface area contributed by atoms with Gasteiger partial charge in [0.1, 0.15) is 29.3 Å². The van der Waals surface area contributed by atoms with Crippen molar-refractivity contribution in [2.75, 3.05) is 13.1 Å². The fourth-order valence-corrected chi connectivity index (χ4v) is 4.13. The minimum atomic E-state index is -0.551. The SMILES string of the molecule is Cc1ccccc1COc1ccc2oc(C)c(C(=O)N[C@H]3CCN(C(=O)OC(C)(C)C)C3)c2c1. The summed E-state index contributed by atoms with van der Waals surface area (Å²) in [5.41, 5.74) is 2.85. The molecular weight excluding hydrogens is 432 g/mol. The third-order valence-electron chi connectivity index (χ3n) is 5.89. The summed E-state index contributed by atoms with van der Waals surface area (Å²) < 4.78 is 17.3. The number of furan rings is 1. The van der Waals surface area contributed by atoms with Gasteiger partial charge in [-0.05, 0) is 70.4 Å². The molecule has 0 spiro atoms. The van der Waals surface area contributed by atoms with Crippen molar-refractivity contribution in [1.29, 1.82) is 0 Å². The van der Waals surface area contributed by atoms with Gasteiger partial charge in [0.15, 0.2) is 0 Å². The number of rotatable bonds is 5. The summed E-state index contributed by atoms with van der Waals surface area (Å²) in [4.78, 5) is 27.2. The average Bonchev–Trinajstić information content (AvgIpc) is 3.35.